The lowest BCUT2D eigenvalue weighted by Crippen LogP contribution is -1.93. The fraction of sp³-hybridized carbons (Fsp3) is 0.0851. The predicted octanol–water partition coefficient (Wildman–Crippen LogP) is 12.9. The van der Waals surface area contributed by atoms with Crippen LogP contribution in [0.5, 0.6) is 0 Å². The number of aryl methyl sites for hydroxylation is 1. The van der Waals surface area contributed by atoms with E-state index in [2.05, 4.69) is 175 Å². The maximum atomic E-state index is 6.19. The second-order valence-electron chi connectivity index (χ2n) is 13.0. The van der Waals surface area contributed by atoms with Crippen LogP contribution in [0.2, 0.25) is 0 Å². The first-order chi connectivity index (χ1) is 24.7. The number of aromatic nitrogens is 2. The Labute approximate surface area is 292 Å². The number of hydrogen-bond donors (Lipinski definition) is 0. The van der Waals surface area contributed by atoms with Crippen molar-refractivity contribution in [2.24, 2.45) is 0 Å². The topological polar surface area (TPSA) is 31.0 Å². The molecule has 0 unspecified atom stereocenters. The molecule has 0 aliphatic heterocycles. The van der Waals surface area contributed by atoms with E-state index in [1.165, 1.54) is 73.7 Å². The summed E-state index contributed by atoms with van der Waals surface area (Å²) in [4.78, 5) is 4.86. The zero-order valence-electron chi connectivity index (χ0n) is 28.0. The van der Waals surface area contributed by atoms with Gasteiger partial charge in [-0.15, -0.1) is 0 Å². The van der Waals surface area contributed by atoms with Crippen molar-refractivity contribution in [2.45, 2.75) is 26.2 Å². The van der Waals surface area contributed by atoms with E-state index in [4.69, 9.17) is 9.40 Å². The van der Waals surface area contributed by atoms with E-state index >= 15 is 0 Å². The summed E-state index contributed by atoms with van der Waals surface area (Å²) < 4.78 is 8.55. The Morgan fingerprint density at radius 2 is 1.14 bits per heavy atom. The van der Waals surface area contributed by atoms with Gasteiger partial charge in [-0.2, -0.15) is 0 Å². The lowest BCUT2D eigenvalue weighted by molar-refractivity contribution is 0.620. The SMILES string of the molecule is CCCCc1ccc2oc(-c3ccc(-c4ccccc4-c4ccccc4-c4ccc5c(c4)c4ccccc4n5-c4ccccc4)cc3)nc2c1. The molecular weight excluding hydrogens is 609 g/mol. The van der Waals surface area contributed by atoms with Crippen LogP contribution in [0.4, 0.5) is 0 Å². The van der Waals surface area contributed by atoms with Crippen molar-refractivity contribution in [2.75, 3.05) is 0 Å². The summed E-state index contributed by atoms with van der Waals surface area (Å²) in [5.41, 5.74) is 14.8. The second-order valence-corrected chi connectivity index (χ2v) is 13.0. The van der Waals surface area contributed by atoms with E-state index in [0.717, 1.165) is 28.6 Å². The molecule has 2 aromatic heterocycles. The van der Waals surface area contributed by atoms with Crippen LogP contribution in [0.1, 0.15) is 25.3 Å². The number of rotatable bonds is 8. The van der Waals surface area contributed by atoms with E-state index in [-0.39, 0.29) is 0 Å². The smallest absolute Gasteiger partial charge is 0.227 e. The zero-order valence-corrected chi connectivity index (χ0v) is 28.0. The lowest BCUT2D eigenvalue weighted by atomic mass is 9.89. The molecule has 7 aromatic carbocycles. The second kappa shape index (κ2) is 12.7. The maximum absolute atomic E-state index is 6.19. The fourth-order valence-electron chi connectivity index (χ4n) is 7.36. The fourth-order valence-corrected chi connectivity index (χ4v) is 7.36. The Kier molecular flexibility index (Phi) is 7.59. The van der Waals surface area contributed by atoms with Crippen molar-refractivity contribution in [3.05, 3.63) is 169 Å². The Hall–Kier alpha value is -6.19. The molecular formula is C47H36N2O. The number of unbranched alkanes of at least 4 members (excludes halogenated alkanes) is 1. The highest BCUT2D eigenvalue weighted by molar-refractivity contribution is 6.11. The van der Waals surface area contributed by atoms with Crippen molar-refractivity contribution in [1.82, 2.24) is 9.55 Å². The minimum Gasteiger partial charge on any atom is -0.436 e. The highest BCUT2D eigenvalue weighted by Gasteiger charge is 2.17. The molecule has 0 bridgehead atoms. The molecule has 3 heteroatoms. The number of fused-ring (bicyclic) bond motifs is 4. The van der Waals surface area contributed by atoms with Crippen LogP contribution in [0.15, 0.2) is 168 Å². The highest BCUT2D eigenvalue weighted by Crippen LogP contribution is 2.41. The van der Waals surface area contributed by atoms with E-state index < -0.39 is 0 Å². The van der Waals surface area contributed by atoms with Crippen LogP contribution in [-0.2, 0) is 6.42 Å². The van der Waals surface area contributed by atoms with Gasteiger partial charge in [0.05, 0.1) is 11.0 Å². The first-order valence-corrected chi connectivity index (χ1v) is 17.5. The molecule has 0 aliphatic rings. The first kappa shape index (κ1) is 29.9. The van der Waals surface area contributed by atoms with Gasteiger partial charge in [-0.05, 0) is 106 Å². The molecule has 9 rings (SSSR count). The molecule has 0 atom stereocenters. The van der Waals surface area contributed by atoms with Gasteiger partial charge in [-0.1, -0.05) is 123 Å². The van der Waals surface area contributed by atoms with Gasteiger partial charge >= 0.3 is 0 Å². The molecule has 0 N–H and O–H groups in total. The Balaban J connectivity index is 1.10. The number of hydrogen-bond acceptors (Lipinski definition) is 2. The minimum atomic E-state index is 0.654. The molecule has 0 fully saturated rings. The van der Waals surface area contributed by atoms with Crippen molar-refractivity contribution in [1.29, 1.82) is 0 Å². The normalized spacial score (nSPS) is 11.5. The molecule has 0 amide bonds. The highest BCUT2D eigenvalue weighted by atomic mass is 16.3. The molecule has 0 saturated heterocycles. The lowest BCUT2D eigenvalue weighted by Gasteiger charge is -2.15. The average Bonchev–Trinajstić information content (AvgIpc) is 3.76. The third kappa shape index (κ3) is 5.28. The molecule has 3 nitrogen and oxygen atoms in total. The Morgan fingerprint density at radius 3 is 1.90 bits per heavy atom. The minimum absolute atomic E-state index is 0.654. The van der Waals surface area contributed by atoms with Gasteiger partial charge in [-0.3, -0.25) is 0 Å². The van der Waals surface area contributed by atoms with Gasteiger partial charge in [0, 0.05) is 22.0 Å². The quantitative estimate of drug-likeness (QED) is 0.165. The number of oxazole rings is 1. The maximum Gasteiger partial charge on any atom is 0.227 e. The van der Waals surface area contributed by atoms with Crippen molar-refractivity contribution in [3.8, 4) is 50.5 Å². The summed E-state index contributed by atoms with van der Waals surface area (Å²) in [5, 5.41) is 2.50. The molecule has 240 valence electrons. The van der Waals surface area contributed by atoms with Crippen LogP contribution in [-0.4, -0.2) is 9.55 Å². The van der Waals surface area contributed by atoms with Gasteiger partial charge in [-0.25, -0.2) is 4.98 Å². The van der Waals surface area contributed by atoms with E-state index in [0.29, 0.717) is 5.89 Å². The van der Waals surface area contributed by atoms with Gasteiger partial charge < -0.3 is 8.98 Å². The zero-order chi connectivity index (χ0) is 33.4. The Morgan fingerprint density at radius 1 is 0.520 bits per heavy atom. The average molecular weight is 645 g/mol. The van der Waals surface area contributed by atoms with Gasteiger partial charge in [0.15, 0.2) is 5.58 Å². The third-order valence-corrected chi connectivity index (χ3v) is 9.86. The third-order valence-electron chi connectivity index (χ3n) is 9.86. The number of benzene rings is 7. The molecule has 2 heterocycles. The molecule has 0 saturated carbocycles. The van der Waals surface area contributed by atoms with Crippen molar-refractivity contribution >= 4 is 32.9 Å². The molecule has 50 heavy (non-hydrogen) atoms. The number of nitrogens with zero attached hydrogens (tertiary/aromatic N) is 2. The van der Waals surface area contributed by atoms with E-state index in [1.54, 1.807) is 0 Å². The van der Waals surface area contributed by atoms with Crippen LogP contribution in [0.25, 0.3) is 83.4 Å². The van der Waals surface area contributed by atoms with Crippen LogP contribution in [0.3, 0.4) is 0 Å². The van der Waals surface area contributed by atoms with Crippen LogP contribution in [0, 0.1) is 0 Å². The van der Waals surface area contributed by atoms with Crippen LogP contribution < -0.4 is 0 Å². The summed E-state index contributed by atoms with van der Waals surface area (Å²) in [6, 6.07) is 58.7. The van der Waals surface area contributed by atoms with Crippen LogP contribution >= 0.6 is 0 Å². The van der Waals surface area contributed by atoms with Crippen molar-refractivity contribution in [3.63, 3.8) is 0 Å². The predicted molar refractivity (Wildman–Crippen MR) is 209 cm³/mol. The summed E-state index contributed by atoms with van der Waals surface area (Å²) in [5.74, 6) is 0.654. The summed E-state index contributed by atoms with van der Waals surface area (Å²) in [6.45, 7) is 2.22. The molecule has 0 spiro atoms. The van der Waals surface area contributed by atoms with Gasteiger partial charge in [0.1, 0.15) is 5.52 Å². The van der Waals surface area contributed by atoms with E-state index in [9.17, 15) is 0 Å². The summed E-state index contributed by atoms with van der Waals surface area (Å²) >= 11 is 0. The van der Waals surface area contributed by atoms with Gasteiger partial charge in [0.25, 0.3) is 0 Å². The van der Waals surface area contributed by atoms with E-state index in [1.807, 2.05) is 0 Å². The molecule has 0 radical (unpaired) electrons. The molecule has 0 aliphatic carbocycles. The van der Waals surface area contributed by atoms with Gasteiger partial charge in [0.2, 0.25) is 5.89 Å². The number of para-hydroxylation sites is 2. The molecule has 9 aromatic rings. The summed E-state index contributed by atoms with van der Waals surface area (Å²) in [7, 11) is 0. The van der Waals surface area contributed by atoms with Crippen molar-refractivity contribution < 1.29 is 4.42 Å². The summed E-state index contributed by atoms with van der Waals surface area (Å²) in [6.07, 6.45) is 3.43. The standard InChI is InChI=1S/C47H36N2O/c1-2-3-13-32-22-29-46-43(30-32)48-47(50-46)34-25-23-33(24-26-34)37-16-7-9-18-39(37)40-19-10-8-17-38(40)35-27-28-45-42(31-35)41-20-11-12-21-44(41)49(45)36-14-5-4-6-15-36/h4-12,14-31H,2-3,13H2,1H3. The first-order valence-electron chi connectivity index (χ1n) is 17.5. The Bertz CT molecular complexity index is 2630. The monoisotopic (exact) mass is 644 g/mol. The largest absolute Gasteiger partial charge is 0.436 e.